The van der Waals surface area contributed by atoms with Gasteiger partial charge >= 0.3 is 5.97 Å². The molecule has 0 amide bonds. The van der Waals surface area contributed by atoms with E-state index in [0.717, 1.165) is 0 Å². The number of esters is 1. The van der Waals surface area contributed by atoms with Gasteiger partial charge in [-0.05, 0) is 36.4 Å². The highest BCUT2D eigenvalue weighted by Crippen LogP contribution is 2.25. The molecule has 0 fully saturated rings. The minimum atomic E-state index is -0.581. The van der Waals surface area contributed by atoms with Crippen LogP contribution in [0.1, 0.15) is 11.1 Å². The molecule has 0 aromatic heterocycles. The molecule has 6 heteroatoms. The van der Waals surface area contributed by atoms with Gasteiger partial charge < -0.3 is 14.2 Å². The highest BCUT2D eigenvalue weighted by atomic mass is 79.9. The van der Waals surface area contributed by atoms with Crippen LogP contribution < -0.4 is 9.47 Å². The van der Waals surface area contributed by atoms with Crippen molar-refractivity contribution < 1.29 is 23.4 Å². The standard InChI is InChI=1S/C18H16BrFO4/c1-22-15-6-7-17(23-2)12(9-15)4-8-18(21)24-11-13-3-5-14(19)10-16(13)20/h3-10H,11H2,1-2H3/b8-4+. The molecule has 0 bridgehead atoms. The van der Waals surface area contributed by atoms with E-state index < -0.39 is 11.8 Å². The predicted molar refractivity (Wildman–Crippen MR) is 92.5 cm³/mol. The lowest BCUT2D eigenvalue weighted by Crippen LogP contribution is -2.02. The summed E-state index contributed by atoms with van der Waals surface area (Å²) in [6, 6.07) is 9.79. The molecule has 0 heterocycles. The van der Waals surface area contributed by atoms with Gasteiger partial charge in [0.2, 0.25) is 0 Å². The lowest BCUT2D eigenvalue weighted by Gasteiger charge is -2.07. The molecule has 0 saturated heterocycles. The van der Waals surface area contributed by atoms with Gasteiger partial charge in [-0.2, -0.15) is 0 Å². The topological polar surface area (TPSA) is 44.8 Å². The average molecular weight is 395 g/mol. The maximum atomic E-state index is 13.7. The lowest BCUT2D eigenvalue weighted by molar-refractivity contribution is -0.138. The van der Waals surface area contributed by atoms with Gasteiger partial charge in [0.25, 0.3) is 0 Å². The third kappa shape index (κ3) is 4.83. The molecule has 0 aliphatic heterocycles. The number of hydrogen-bond acceptors (Lipinski definition) is 4. The predicted octanol–water partition coefficient (Wildman–Crippen LogP) is 4.36. The lowest BCUT2D eigenvalue weighted by atomic mass is 10.1. The van der Waals surface area contributed by atoms with E-state index in [1.807, 2.05) is 0 Å². The van der Waals surface area contributed by atoms with Crippen LogP contribution in [0.2, 0.25) is 0 Å². The summed E-state index contributed by atoms with van der Waals surface area (Å²) in [6.07, 6.45) is 2.82. The molecule has 0 aliphatic rings. The molecule has 0 unspecified atom stereocenters. The van der Waals surface area contributed by atoms with E-state index in [-0.39, 0.29) is 6.61 Å². The van der Waals surface area contributed by atoms with Gasteiger partial charge in [0.15, 0.2) is 0 Å². The second kappa shape index (κ2) is 8.49. The Morgan fingerprint density at radius 2 is 1.96 bits per heavy atom. The summed E-state index contributed by atoms with van der Waals surface area (Å²) < 4.78 is 29.7. The zero-order valence-electron chi connectivity index (χ0n) is 13.2. The SMILES string of the molecule is COc1ccc(OC)c(/C=C/C(=O)OCc2ccc(Br)cc2F)c1. The number of benzene rings is 2. The van der Waals surface area contributed by atoms with Crippen molar-refractivity contribution in [3.63, 3.8) is 0 Å². The van der Waals surface area contributed by atoms with Gasteiger partial charge in [0.05, 0.1) is 14.2 Å². The van der Waals surface area contributed by atoms with Crippen LogP contribution in [-0.2, 0) is 16.1 Å². The zero-order chi connectivity index (χ0) is 17.5. The number of methoxy groups -OCH3 is 2. The molecule has 0 atom stereocenters. The number of carbonyl (C=O) groups excluding carboxylic acids is 1. The van der Waals surface area contributed by atoms with E-state index in [1.165, 1.54) is 19.3 Å². The molecular weight excluding hydrogens is 379 g/mol. The monoisotopic (exact) mass is 394 g/mol. The van der Waals surface area contributed by atoms with Gasteiger partial charge in [-0.15, -0.1) is 0 Å². The Balaban J connectivity index is 2.02. The van der Waals surface area contributed by atoms with Crippen LogP contribution >= 0.6 is 15.9 Å². The molecule has 0 spiro atoms. The maximum Gasteiger partial charge on any atom is 0.331 e. The van der Waals surface area contributed by atoms with E-state index in [0.29, 0.717) is 27.1 Å². The Morgan fingerprint density at radius 1 is 1.17 bits per heavy atom. The number of rotatable bonds is 6. The molecule has 126 valence electrons. The molecule has 4 nitrogen and oxygen atoms in total. The highest BCUT2D eigenvalue weighted by Gasteiger charge is 2.06. The van der Waals surface area contributed by atoms with E-state index >= 15 is 0 Å². The molecule has 0 aliphatic carbocycles. The second-order valence-corrected chi connectivity index (χ2v) is 5.70. The quantitative estimate of drug-likeness (QED) is 0.539. The van der Waals surface area contributed by atoms with Crippen LogP contribution in [0.3, 0.4) is 0 Å². The van der Waals surface area contributed by atoms with Crippen LogP contribution in [-0.4, -0.2) is 20.2 Å². The smallest absolute Gasteiger partial charge is 0.331 e. The number of ether oxygens (including phenoxy) is 3. The molecule has 2 aromatic carbocycles. The van der Waals surface area contributed by atoms with Crippen LogP contribution in [0, 0.1) is 5.82 Å². The molecule has 0 radical (unpaired) electrons. The van der Waals surface area contributed by atoms with E-state index in [2.05, 4.69) is 15.9 Å². The molecule has 0 saturated carbocycles. The van der Waals surface area contributed by atoms with E-state index in [9.17, 15) is 9.18 Å². The molecular formula is C18H16BrFO4. The van der Waals surface area contributed by atoms with Crippen molar-refractivity contribution in [3.05, 3.63) is 63.9 Å². The normalized spacial score (nSPS) is 10.7. The van der Waals surface area contributed by atoms with Crippen molar-refractivity contribution >= 4 is 28.0 Å². The van der Waals surface area contributed by atoms with Gasteiger partial charge in [-0.1, -0.05) is 22.0 Å². The summed E-state index contributed by atoms with van der Waals surface area (Å²) in [6.45, 7) is -0.141. The fourth-order valence-electron chi connectivity index (χ4n) is 1.96. The fourth-order valence-corrected chi connectivity index (χ4v) is 2.30. The summed E-state index contributed by atoms with van der Waals surface area (Å²) >= 11 is 3.17. The van der Waals surface area contributed by atoms with Crippen LogP contribution in [0.5, 0.6) is 11.5 Å². The van der Waals surface area contributed by atoms with Crippen LogP contribution in [0.4, 0.5) is 4.39 Å². The van der Waals surface area contributed by atoms with Crippen molar-refractivity contribution in [2.45, 2.75) is 6.61 Å². The Hall–Kier alpha value is -2.34. The average Bonchev–Trinajstić information content (AvgIpc) is 2.58. The number of carbonyl (C=O) groups is 1. The summed E-state index contributed by atoms with van der Waals surface area (Å²) in [5, 5.41) is 0. The number of hydrogen-bond donors (Lipinski definition) is 0. The number of halogens is 2. The van der Waals surface area contributed by atoms with Crippen molar-refractivity contribution in [1.29, 1.82) is 0 Å². The Kier molecular flexibility index (Phi) is 6.37. The first-order valence-corrected chi connectivity index (χ1v) is 7.83. The van der Waals surface area contributed by atoms with Crippen molar-refractivity contribution in [2.24, 2.45) is 0 Å². The summed E-state index contributed by atoms with van der Waals surface area (Å²) in [5.74, 6) is 0.220. The molecule has 0 N–H and O–H groups in total. The third-order valence-electron chi connectivity index (χ3n) is 3.22. The molecule has 2 aromatic rings. The first-order chi connectivity index (χ1) is 11.5. The van der Waals surface area contributed by atoms with Crippen molar-refractivity contribution in [3.8, 4) is 11.5 Å². The minimum absolute atomic E-state index is 0.141. The Morgan fingerprint density at radius 3 is 2.62 bits per heavy atom. The Bertz CT molecular complexity index is 759. The molecule has 2 rings (SSSR count). The van der Waals surface area contributed by atoms with E-state index in [4.69, 9.17) is 14.2 Å². The third-order valence-corrected chi connectivity index (χ3v) is 3.71. The van der Waals surface area contributed by atoms with Crippen LogP contribution in [0.25, 0.3) is 6.08 Å². The molecule has 24 heavy (non-hydrogen) atoms. The Labute approximate surface area is 148 Å². The first kappa shape index (κ1) is 18.0. The summed E-state index contributed by atoms with van der Waals surface area (Å²) in [7, 11) is 3.09. The summed E-state index contributed by atoms with van der Waals surface area (Å²) in [4.78, 5) is 11.8. The van der Waals surface area contributed by atoms with Crippen molar-refractivity contribution in [1.82, 2.24) is 0 Å². The second-order valence-electron chi connectivity index (χ2n) is 4.78. The minimum Gasteiger partial charge on any atom is -0.497 e. The van der Waals surface area contributed by atoms with Gasteiger partial charge in [0, 0.05) is 21.7 Å². The summed E-state index contributed by atoms with van der Waals surface area (Å²) in [5.41, 5.74) is 0.975. The zero-order valence-corrected chi connectivity index (χ0v) is 14.8. The van der Waals surface area contributed by atoms with Gasteiger partial charge in [0.1, 0.15) is 23.9 Å². The fraction of sp³-hybridized carbons (Fsp3) is 0.167. The van der Waals surface area contributed by atoms with Gasteiger partial charge in [-0.3, -0.25) is 0 Å². The largest absolute Gasteiger partial charge is 0.497 e. The maximum absolute atomic E-state index is 13.7. The van der Waals surface area contributed by atoms with E-state index in [1.54, 1.807) is 43.5 Å². The van der Waals surface area contributed by atoms with Crippen LogP contribution in [0.15, 0.2) is 46.9 Å². The highest BCUT2D eigenvalue weighted by molar-refractivity contribution is 9.10. The van der Waals surface area contributed by atoms with Crippen molar-refractivity contribution in [2.75, 3.05) is 14.2 Å². The first-order valence-electron chi connectivity index (χ1n) is 7.04. The van der Waals surface area contributed by atoms with Gasteiger partial charge in [-0.25, -0.2) is 9.18 Å².